The van der Waals surface area contributed by atoms with Crippen molar-refractivity contribution in [2.45, 2.75) is 6.42 Å². The molecule has 16 heavy (non-hydrogen) atoms. The molecule has 0 fully saturated rings. The number of hydrogen-bond acceptors (Lipinski definition) is 3. The highest BCUT2D eigenvalue weighted by Crippen LogP contribution is 2.29. The van der Waals surface area contributed by atoms with E-state index in [1.807, 2.05) is 0 Å². The number of nitrogens with one attached hydrogen (secondary N) is 1. The molecule has 3 N–H and O–H groups in total. The van der Waals surface area contributed by atoms with Crippen LogP contribution in [0, 0.1) is 0 Å². The molecule has 0 spiro atoms. The fourth-order valence-corrected chi connectivity index (χ4v) is 2.15. The number of nitrogens with two attached hydrogens (primary N) is 1. The van der Waals surface area contributed by atoms with Gasteiger partial charge in [0.2, 0.25) is 5.91 Å². The molecule has 6 nitrogen and oxygen atoms in total. The Bertz CT molecular complexity index is 553. The maximum Gasteiger partial charge on any atom is 0.296 e. The van der Waals surface area contributed by atoms with Crippen molar-refractivity contribution in [3.05, 3.63) is 23.8 Å². The largest absolute Gasteiger partial charge is 0.315 e. The first-order valence-electron chi connectivity index (χ1n) is 4.57. The van der Waals surface area contributed by atoms with Crippen molar-refractivity contribution in [2.75, 3.05) is 16.7 Å². The summed E-state index contributed by atoms with van der Waals surface area (Å²) in [6, 6.07) is 4.87. The second-order valence-electron chi connectivity index (χ2n) is 3.62. The maximum atomic E-state index is 11.4. The predicted octanol–water partition coefficient (Wildman–Crippen LogP) is -0.179. The molecule has 0 bridgehead atoms. The molecule has 1 aromatic carbocycles. The van der Waals surface area contributed by atoms with Gasteiger partial charge in [-0.1, -0.05) is 0 Å². The summed E-state index contributed by atoms with van der Waals surface area (Å²) in [6.45, 7) is 0. The fourth-order valence-electron chi connectivity index (χ4n) is 1.70. The smallest absolute Gasteiger partial charge is 0.296 e. The summed E-state index contributed by atoms with van der Waals surface area (Å²) >= 11 is 0. The van der Waals surface area contributed by atoms with Gasteiger partial charge in [0.1, 0.15) is 0 Å². The van der Waals surface area contributed by atoms with E-state index >= 15 is 0 Å². The molecule has 1 aliphatic heterocycles. The van der Waals surface area contributed by atoms with Crippen molar-refractivity contribution >= 4 is 27.5 Å². The van der Waals surface area contributed by atoms with Gasteiger partial charge in [-0.2, -0.15) is 8.42 Å². The van der Waals surface area contributed by atoms with Crippen LogP contribution in [0.1, 0.15) is 5.56 Å². The number of hydrogen-bond donors (Lipinski definition) is 2. The van der Waals surface area contributed by atoms with Gasteiger partial charge in [0, 0.05) is 12.7 Å². The Morgan fingerprint density at radius 2 is 2.12 bits per heavy atom. The Morgan fingerprint density at radius 1 is 1.44 bits per heavy atom. The molecule has 0 saturated heterocycles. The third-order valence-corrected chi connectivity index (χ3v) is 2.94. The summed E-state index contributed by atoms with van der Waals surface area (Å²) in [5, 5.41) is 4.85. The lowest BCUT2D eigenvalue weighted by Crippen LogP contribution is -2.21. The highest BCUT2D eigenvalue weighted by atomic mass is 32.2. The summed E-state index contributed by atoms with van der Waals surface area (Å²) < 4.78 is 23.8. The number of amides is 1. The minimum absolute atomic E-state index is 0.0113. The van der Waals surface area contributed by atoms with Crippen LogP contribution in [0.3, 0.4) is 0 Å². The van der Waals surface area contributed by atoms with Crippen molar-refractivity contribution in [2.24, 2.45) is 5.14 Å². The van der Waals surface area contributed by atoms with Crippen LogP contribution in [0.2, 0.25) is 0 Å². The Hall–Kier alpha value is -1.60. The van der Waals surface area contributed by atoms with Crippen molar-refractivity contribution in [1.29, 1.82) is 0 Å². The van der Waals surface area contributed by atoms with Crippen molar-refractivity contribution in [1.82, 2.24) is 0 Å². The number of anilines is 2. The van der Waals surface area contributed by atoms with E-state index in [-0.39, 0.29) is 12.3 Å². The Kier molecular flexibility index (Phi) is 2.36. The molecule has 0 aliphatic carbocycles. The topological polar surface area (TPSA) is 92.5 Å². The molecule has 0 radical (unpaired) electrons. The molecule has 1 aromatic rings. The molecular weight excluding hydrogens is 230 g/mol. The molecule has 0 unspecified atom stereocenters. The van der Waals surface area contributed by atoms with Gasteiger partial charge in [0.15, 0.2) is 0 Å². The Balaban J connectivity index is 2.36. The quantitative estimate of drug-likeness (QED) is 0.752. The number of fused-ring (bicyclic) bond motifs is 1. The van der Waals surface area contributed by atoms with Crippen LogP contribution in [0.4, 0.5) is 11.4 Å². The van der Waals surface area contributed by atoms with Gasteiger partial charge in [-0.3, -0.25) is 9.52 Å². The number of rotatable bonds is 2. The van der Waals surface area contributed by atoms with E-state index in [9.17, 15) is 13.2 Å². The normalized spacial score (nSPS) is 15.1. The number of carbonyl (C=O) groups is 1. The first-order valence-corrected chi connectivity index (χ1v) is 6.11. The second kappa shape index (κ2) is 3.46. The predicted molar refractivity (Wildman–Crippen MR) is 60.3 cm³/mol. The lowest BCUT2D eigenvalue weighted by molar-refractivity contribution is -0.117. The van der Waals surface area contributed by atoms with E-state index in [2.05, 4.69) is 4.72 Å². The Labute approximate surface area is 93.2 Å². The average molecular weight is 241 g/mol. The van der Waals surface area contributed by atoms with Crippen LogP contribution in [-0.4, -0.2) is 21.4 Å². The molecule has 1 heterocycles. The minimum Gasteiger partial charge on any atom is -0.315 e. The van der Waals surface area contributed by atoms with Gasteiger partial charge in [-0.05, 0) is 23.8 Å². The number of nitrogens with zero attached hydrogens (tertiary/aromatic N) is 1. The van der Waals surface area contributed by atoms with E-state index in [0.29, 0.717) is 5.69 Å². The van der Waals surface area contributed by atoms with E-state index in [1.165, 1.54) is 4.90 Å². The standard InChI is InChI=1S/C9H11N3O3S/c1-12-8-3-2-7(11-16(10,14)15)4-6(8)5-9(12)13/h2-4,11H,5H2,1H3,(H2,10,14,15). The van der Waals surface area contributed by atoms with Gasteiger partial charge in [0.05, 0.1) is 12.1 Å². The zero-order valence-electron chi connectivity index (χ0n) is 8.60. The van der Waals surface area contributed by atoms with E-state index in [0.717, 1.165) is 11.3 Å². The Morgan fingerprint density at radius 3 is 2.75 bits per heavy atom. The van der Waals surface area contributed by atoms with Gasteiger partial charge in [0.25, 0.3) is 10.2 Å². The number of carbonyl (C=O) groups excluding carboxylic acids is 1. The highest BCUT2D eigenvalue weighted by Gasteiger charge is 2.24. The zero-order valence-corrected chi connectivity index (χ0v) is 9.41. The van der Waals surface area contributed by atoms with Crippen LogP contribution in [0.25, 0.3) is 0 Å². The zero-order chi connectivity index (χ0) is 11.9. The molecule has 0 saturated carbocycles. The minimum atomic E-state index is -3.77. The molecule has 7 heteroatoms. The summed E-state index contributed by atoms with van der Waals surface area (Å²) in [4.78, 5) is 12.9. The van der Waals surface area contributed by atoms with Gasteiger partial charge < -0.3 is 4.90 Å². The van der Waals surface area contributed by atoms with Crippen LogP contribution >= 0.6 is 0 Å². The highest BCUT2D eigenvalue weighted by molar-refractivity contribution is 7.90. The van der Waals surface area contributed by atoms with Crippen LogP contribution < -0.4 is 14.8 Å². The first kappa shape index (κ1) is 10.9. The second-order valence-corrected chi connectivity index (χ2v) is 4.91. The first-order chi connectivity index (χ1) is 7.37. The molecule has 86 valence electrons. The summed E-state index contributed by atoms with van der Waals surface area (Å²) in [7, 11) is -2.09. The van der Waals surface area contributed by atoms with E-state index < -0.39 is 10.2 Å². The molecular formula is C9H11N3O3S. The fraction of sp³-hybridized carbons (Fsp3) is 0.222. The van der Waals surface area contributed by atoms with Gasteiger partial charge in [-0.25, -0.2) is 5.14 Å². The van der Waals surface area contributed by atoms with Crippen LogP contribution in [0.5, 0.6) is 0 Å². The van der Waals surface area contributed by atoms with E-state index in [1.54, 1.807) is 25.2 Å². The van der Waals surface area contributed by atoms with Crippen molar-refractivity contribution in [3.63, 3.8) is 0 Å². The van der Waals surface area contributed by atoms with E-state index in [4.69, 9.17) is 5.14 Å². The van der Waals surface area contributed by atoms with Crippen LogP contribution in [-0.2, 0) is 21.4 Å². The number of benzene rings is 1. The average Bonchev–Trinajstić information content (AvgIpc) is 2.40. The third-order valence-electron chi connectivity index (χ3n) is 2.42. The molecule has 1 amide bonds. The van der Waals surface area contributed by atoms with Crippen molar-refractivity contribution in [3.8, 4) is 0 Å². The molecule has 2 rings (SSSR count). The lowest BCUT2D eigenvalue weighted by atomic mass is 10.1. The maximum absolute atomic E-state index is 11.4. The molecule has 0 atom stereocenters. The van der Waals surface area contributed by atoms with Gasteiger partial charge >= 0.3 is 0 Å². The van der Waals surface area contributed by atoms with Crippen LogP contribution in [0.15, 0.2) is 18.2 Å². The van der Waals surface area contributed by atoms with Crippen molar-refractivity contribution < 1.29 is 13.2 Å². The molecule has 1 aliphatic rings. The summed E-state index contributed by atoms with van der Waals surface area (Å²) in [6.07, 6.45) is 0.284. The molecule has 0 aromatic heterocycles. The van der Waals surface area contributed by atoms with Gasteiger partial charge in [-0.15, -0.1) is 0 Å². The summed E-state index contributed by atoms with van der Waals surface area (Å²) in [5.41, 5.74) is 1.95. The third kappa shape index (κ3) is 2.00. The SMILES string of the molecule is CN1C(=O)Cc2cc(NS(N)(=O)=O)ccc21. The summed E-state index contributed by atoms with van der Waals surface area (Å²) in [5.74, 6) is -0.0113. The monoisotopic (exact) mass is 241 g/mol. The number of likely N-dealkylation sites (N-methyl/N-ethyl adjacent to an activating group) is 1. The lowest BCUT2D eigenvalue weighted by Gasteiger charge is -2.10.